The van der Waals surface area contributed by atoms with E-state index < -0.39 is 5.97 Å². The Kier molecular flexibility index (Phi) is 1.94. The molecule has 0 bridgehead atoms. The van der Waals surface area contributed by atoms with Gasteiger partial charge in [-0.05, 0) is 12.8 Å². The molecule has 1 saturated carbocycles. The highest BCUT2D eigenvalue weighted by atomic mass is 16.4. The maximum Gasteiger partial charge on any atom is 0.341 e. The first-order valence-electron chi connectivity index (χ1n) is 4.67. The Morgan fingerprint density at radius 2 is 2.29 bits per heavy atom. The fourth-order valence-electron chi connectivity index (χ4n) is 1.75. The van der Waals surface area contributed by atoms with Gasteiger partial charge in [0, 0.05) is 13.0 Å². The van der Waals surface area contributed by atoms with E-state index in [1.165, 1.54) is 4.68 Å². The summed E-state index contributed by atoms with van der Waals surface area (Å²) in [6.07, 6.45) is 3.20. The summed E-state index contributed by atoms with van der Waals surface area (Å²) in [5, 5.41) is 13.2. The van der Waals surface area contributed by atoms with Crippen LogP contribution in [0.25, 0.3) is 0 Å². The number of carboxylic acid groups (broad SMARTS) is 1. The molecule has 0 amide bonds. The van der Waals surface area contributed by atoms with Crippen LogP contribution in [0.2, 0.25) is 0 Å². The van der Waals surface area contributed by atoms with Gasteiger partial charge in [0.2, 0.25) is 0 Å². The highest BCUT2D eigenvalue weighted by Crippen LogP contribution is 2.38. The monoisotopic (exact) mass is 195 g/mol. The van der Waals surface area contributed by atoms with E-state index in [9.17, 15) is 4.79 Å². The van der Waals surface area contributed by atoms with Gasteiger partial charge in [0.1, 0.15) is 11.4 Å². The van der Waals surface area contributed by atoms with Crippen molar-refractivity contribution in [3.8, 4) is 0 Å². The van der Waals surface area contributed by atoms with E-state index in [1.807, 2.05) is 0 Å². The Balaban J connectivity index is 2.47. The molecule has 0 spiro atoms. The van der Waals surface area contributed by atoms with Crippen molar-refractivity contribution >= 4 is 11.8 Å². The van der Waals surface area contributed by atoms with Crippen molar-refractivity contribution in [2.75, 3.05) is 5.73 Å². The number of carboxylic acids is 1. The molecule has 1 aromatic rings. The molecule has 0 aromatic carbocycles. The van der Waals surface area contributed by atoms with Crippen LogP contribution in [0.15, 0.2) is 0 Å². The van der Waals surface area contributed by atoms with Crippen LogP contribution >= 0.6 is 0 Å². The van der Waals surface area contributed by atoms with Gasteiger partial charge in [-0.15, -0.1) is 0 Å². The molecule has 14 heavy (non-hydrogen) atoms. The van der Waals surface area contributed by atoms with Crippen LogP contribution in [0.4, 0.5) is 5.82 Å². The zero-order valence-electron chi connectivity index (χ0n) is 8.03. The highest BCUT2D eigenvalue weighted by Gasteiger charge is 2.30. The SMILES string of the molecule is Cn1nc(C2CCC2)c(C(=O)O)c1N. The minimum absolute atomic E-state index is 0.192. The molecular formula is C9H13N3O2. The summed E-state index contributed by atoms with van der Waals surface area (Å²) in [6, 6.07) is 0. The molecule has 2 rings (SSSR count). The number of aryl methyl sites for hydroxylation is 1. The summed E-state index contributed by atoms with van der Waals surface area (Å²) in [5.41, 5.74) is 6.49. The summed E-state index contributed by atoms with van der Waals surface area (Å²) in [4.78, 5) is 11.0. The number of aromatic carboxylic acids is 1. The van der Waals surface area contributed by atoms with Gasteiger partial charge in [-0.1, -0.05) is 6.42 Å². The molecule has 1 aliphatic rings. The van der Waals surface area contributed by atoms with Crippen LogP contribution in [-0.2, 0) is 7.05 Å². The van der Waals surface area contributed by atoms with Gasteiger partial charge in [0.25, 0.3) is 0 Å². The molecule has 1 aromatic heterocycles. The Bertz CT molecular complexity index is 380. The lowest BCUT2D eigenvalue weighted by Gasteiger charge is -2.23. The average Bonchev–Trinajstić information content (AvgIpc) is 2.24. The lowest BCUT2D eigenvalue weighted by atomic mass is 9.81. The second kappa shape index (κ2) is 3.01. The quantitative estimate of drug-likeness (QED) is 0.736. The van der Waals surface area contributed by atoms with E-state index in [-0.39, 0.29) is 11.4 Å². The van der Waals surface area contributed by atoms with E-state index in [0.717, 1.165) is 19.3 Å². The number of nitrogens with two attached hydrogens (primary N) is 1. The number of nitrogen functional groups attached to an aromatic ring is 1. The van der Waals surface area contributed by atoms with Gasteiger partial charge in [-0.25, -0.2) is 4.79 Å². The molecule has 76 valence electrons. The van der Waals surface area contributed by atoms with Crippen LogP contribution in [0.5, 0.6) is 0 Å². The summed E-state index contributed by atoms with van der Waals surface area (Å²) in [5.74, 6) is -0.429. The second-order valence-corrected chi connectivity index (χ2v) is 3.70. The first-order valence-corrected chi connectivity index (χ1v) is 4.67. The molecule has 0 atom stereocenters. The average molecular weight is 195 g/mol. The third-order valence-corrected chi connectivity index (χ3v) is 2.82. The van der Waals surface area contributed by atoms with E-state index >= 15 is 0 Å². The molecular weight excluding hydrogens is 182 g/mol. The van der Waals surface area contributed by atoms with Crippen molar-refractivity contribution in [1.29, 1.82) is 0 Å². The van der Waals surface area contributed by atoms with Crippen molar-refractivity contribution in [2.24, 2.45) is 7.05 Å². The molecule has 1 fully saturated rings. The van der Waals surface area contributed by atoms with Crippen LogP contribution in [0.1, 0.15) is 41.2 Å². The number of rotatable bonds is 2. The maximum absolute atomic E-state index is 11.0. The number of hydrogen-bond acceptors (Lipinski definition) is 3. The number of nitrogens with zero attached hydrogens (tertiary/aromatic N) is 2. The summed E-state index contributed by atoms with van der Waals surface area (Å²) < 4.78 is 1.44. The summed E-state index contributed by atoms with van der Waals surface area (Å²) in [6.45, 7) is 0. The molecule has 0 radical (unpaired) electrons. The zero-order valence-corrected chi connectivity index (χ0v) is 8.03. The number of hydrogen-bond donors (Lipinski definition) is 2. The van der Waals surface area contributed by atoms with Crippen molar-refractivity contribution in [3.05, 3.63) is 11.3 Å². The third kappa shape index (κ3) is 1.16. The molecule has 5 heteroatoms. The first-order chi connectivity index (χ1) is 6.61. The number of carbonyl (C=O) groups is 1. The maximum atomic E-state index is 11.0. The van der Waals surface area contributed by atoms with Crippen molar-refractivity contribution < 1.29 is 9.90 Å². The van der Waals surface area contributed by atoms with Crippen LogP contribution in [-0.4, -0.2) is 20.9 Å². The molecule has 1 heterocycles. The smallest absolute Gasteiger partial charge is 0.341 e. The predicted molar refractivity (Wildman–Crippen MR) is 51.2 cm³/mol. The second-order valence-electron chi connectivity index (χ2n) is 3.70. The summed E-state index contributed by atoms with van der Waals surface area (Å²) in [7, 11) is 1.67. The fraction of sp³-hybridized carbons (Fsp3) is 0.556. The number of anilines is 1. The van der Waals surface area contributed by atoms with E-state index in [2.05, 4.69) is 5.10 Å². The van der Waals surface area contributed by atoms with Gasteiger partial charge in [-0.3, -0.25) is 4.68 Å². The van der Waals surface area contributed by atoms with Gasteiger partial charge in [0.05, 0.1) is 5.69 Å². The molecule has 1 aliphatic carbocycles. The lowest BCUT2D eigenvalue weighted by molar-refractivity contribution is 0.0695. The van der Waals surface area contributed by atoms with Crippen LogP contribution < -0.4 is 5.73 Å². The van der Waals surface area contributed by atoms with Crippen LogP contribution in [0, 0.1) is 0 Å². The van der Waals surface area contributed by atoms with Crippen molar-refractivity contribution in [3.63, 3.8) is 0 Å². The first kappa shape index (κ1) is 9.05. The van der Waals surface area contributed by atoms with Gasteiger partial charge >= 0.3 is 5.97 Å². The van der Waals surface area contributed by atoms with Gasteiger partial charge in [0.15, 0.2) is 0 Å². The van der Waals surface area contributed by atoms with E-state index in [1.54, 1.807) is 7.05 Å². The molecule has 3 N–H and O–H groups in total. The molecule has 5 nitrogen and oxygen atoms in total. The normalized spacial score (nSPS) is 16.6. The Labute approximate surface area is 81.5 Å². The minimum atomic E-state index is -0.975. The van der Waals surface area contributed by atoms with Gasteiger partial charge < -0.3 is 10.8 Å². The lowest BCUT2D eigenvalue weighted by Crippen LogP contribution is -2.13. The molecule has 0 saturated heterocycles. The Morgan fingerprint density at radius 3 is 2.71 bits per heavy atom. The Hall–Kier alpha value is -1.52. The molecule has 0 unspecified atom stereocenters. The predicted octanol–water partition coefficient (Wildman–Crippen LogP) is 0.968. The minimum Gasteiger partial charge on any atom is -0.477 e. The Morgan fingerprint density at radius 1 is 1.64 bits per heavy atom. The number of aromatic nitrogens is 2. The standard InChI is InChI=1S/C9H13N3O2/c1-12-8(10)6(9(13)14)7(11-12)5-3-2-4-5/h5H,2-4,10H2,1H3,(H,13,14). The van der Waals surface area contributed by atoms with Gasteiger partial charge in [-0.2, -0.15) is 5.10 Å². The van der Waals surface area contributed by atoms with Crippen molar-refractivity contribution in [2.45, 2.75) is 25.2 Å². The third-order valence-electron chi connectivity index (χ3n) is 2.82. The van der Waals surface area contributed by atoms with Crippen molar-refractivity contribution in [1.82, 2.24) is 9.78 Å². The summed E-state index contributed by atoms with van der Waals surface area (Å²) >= 11 is 0. The largest absolute Gasteiger partial charge is 0.477 e. The fourth-order valence-corrected chi connectivity index (χ4v) is 1.75. The van der Waals surface area contributed by atoms with E-state index in [4.69, 9.17) is 10.8 Å². The highest BCUT2D eigenvalue weighted by molar-refractivity contribution is 5.94. The van der Waals surface area contributed by atoms with Crippen LogP contribution in [0.3, 0.4) is 0 Å². The zero-order chi connectivity index (χ0) is 10.3. The van der Waals surface area contributed by atoms with E-state index in [0.29, 0.717) is 11.6 Å². The molecule has 0 aliphatic heterocycles. The topological polar surface area (TPSA) is 81.1 Å².